The monoisotopic (exact) mass is 455 g/mol. The molecule has 2 N–H and O–H groups in total. The molecule has 31 heavy (non-hydrogen) atoms. The van der Waals surface area contributed by atoms with Gasteiger partial charge in [0.05, 0.1) is 10.2 Å². The van der Waals surface area contributed by atoms with Crippen molar-refractivity contribution in [2.24, 2.45) is 0 Å². The van der Waals surface area contributed by atoms with E-state index in [2.05, 4.69) is 10.6 Å². The molecule has 3 aromatic rings. The van der Waals surface area contributed by atoms with E-state index >= 15 is 0 Å². The van der Waals surface area contributed by atoms with Crippen LogP contribution in [-0.2, 0) is 4.79 Å². The van der Waals surface area contributed by atoms with Crippen LogP contribution in [0.2, 0.25) is 5.02 Å². The molecule has 1 atom stereocenters. The van der Waals surface area contributed by atoms with Gasteiger partial charge in [-0.3, -0.25) is 19.7 Å². The van der Waals surface area contributed by atoms with Crippen molar-refractivity contribution in [3.05, 3.63) is 93.5 Å². The zero-order valence-corrected chi connectivity index (χ0v) is 17.9. The van der Waals surface area contributed by atoms with Crippen LogP contribution in [-0.4, -0.2) is 22.0 Å². The molecule has 9 heteroatoms. The number of rotatable bonds is 7. The molecule has 0 spiro atoms. The van der Waals surface area contributed by atoms with E-state index in [0.29, 0.717) is 22.0 Å². The van der Waals surface area contributed by atoms with E-state index in [0.717, 1.165) is 4.90 Å². The molecule has 0 radical (unpaired) electrons. The van der Waals surface area contributed by atoms with Crippen LogP contribution in [0.3, 0.4) is 0 Å². The number of thioether (sulfide) groups is 1. The summed E-state index contributed by atoms with van der Waals surface area (Å²) in [5, 5.41) is 16.5. The first-order valence-corrected chi connectivity index (χ1v) is 10.5. The molecule has 0 heterocycles. The third-order valence-corrected chi connectivity index (χ3v) is 5.57. The molecule has 0 fully saturated rings. The van der Waals surface area contributed by atoms with Crippen molar-refractivity contribution in [2.45, 2.75) is 17.1 Å². The summed E-state index contributed by atoms with van der Waals surface area (Å²) in [7, 11) is 0. The lowest BCUT2D eigenvalue weighted by Gasteiger charge is -2.13. The van der Waals surface area contributed by atoms with Crippen molar-refractivity contribution in [1.29, 1.82) is 0 Å². The molecular formula is C22H18ClN3O4S. The fourth-order valence-corrected chi connectivity index (χ4v) is 3.67. The van der Waals surface area contributed by atoms with Crippen LogP contribution in [0.1, 0.15) is 17.3 Å². The number of nitro groups is 1. The van der Waals surface area contributed by atoms with Crippen molar-refractivity contribution in [3.8, 4) is 0 Å². The number of benzene rings is 3. The number of carbonyl (C=O) groups is 2. The predicted molar refractivity (Wildman–Crippen MR) is 123 cm³/mol. The Bertz CT molecular complexity index is 1100. The Morgan fingerprint density at radius 3 is 2.29 bits per heavy atom. The number of nitro benzene ring substituents is 1. The first-order chi connectivity index (χ1) is 14.8. The predicted octanol–water partition coefficient (Wildman–Crippen LogP) is 5.62. The van der Waals surface area contributed by atoms with Crippen LogP contribution in [0.4, 0.5) is 17.1 Å². The number of hydrogen-bond acceptors (Lipinski definition) is 5. The van der Waals surface area contributed by atoms with E-state index in [-0.39, 0.29) is 22.8 Å². The van der Waals surface area contributed by atoms with Crippen molar-refractivity contribution >= 4 is 52.2 Å². The van der Waals surface area contributed by atoms with Gasteiger partial charge in [0.25, 0.3) is 11.6 Å². The smallest absolute Gasteiger partial charge is 0.269 e. The van der Waals surface area contributed by atoms with Gasteiger partial charge in [0, 0.05) is 39.0 Å². The van der Waals surface area contributed by atoms with Crippen LogP contribution in [0.15, 0.2) is 77.7 Å². The van der Waals surface area contributed by atoms with Gasteiger partial charge in [0.1, 0.15) is 0 Å². The van der Waals surface area contributed by atoms with Crippen LogP contribution in [0.5, 0.6) is 0 Å². The second-order valence-corrected chi connectivity index (χ2v) is 8.39. The zero-order valence-electron chi connectivity index (χ0n) is 16.4. The molecule has 0 bridgehead atoms. The molecule has 0 saturated carbocycles. The number of hydrogen-bond donors (Lipinski definition) is 2. The van der Waals surface area contributed by atoms with Crippen LogP contribution in [0.25, 0.3) is 0 Å². The lowest BCUT2D eigenvalue weighted by molar-refractivity contribution is -0.384. The third kappa shape index (κ3) is 6.31. The molecule has 3 rings (SSSR count). The lowest BCUT2D eigenvalue weighted by Crippen LogP contribution is -2.22. The van der Waals surface area contributed by atoms with Gasteiger partial charge < -0.3 is 10.6 Å². The molecule has 7 nitrogen and oxygen atoms in total. The Hall–Kier alpha value is -3.36. The maximum Gasteiger partial charge on any atom is 0.269 e. The number of anilines is 2. The fraction of sp³-hybridized carbons (Fsp3) is 0.0909. The molecule has 0 aliphatic rings. The number of amides is 2. The van der Waals surface area contributed by atoms with Crippen molar-refractivity contribution in [3.63, 3.8) is 0 Å². The Kier molecular flexibility index (Phi) is 7.28. The van der Waals surface area contributed by atoms with Gasteiger partial charge in [-0.15, -0.1) is 11.8 Å². The normalized spacial score (nSPS) is 11.4. The molecule has 1 unspecified atom stereocenters. The van der Waals surface area contributed by atoms with Crippen molar-refractivity contribution < 1.29 is 14.5 Å². The Morgan fingerprint density at radius 2 is 1.65 bits per heavy atom. The maximum atomic E-state index is 12.4. The molecule has 3 aromatic carbocycles. The summed E-state index contributed by atoms with van der Waals surface area (Å²) in [6.45, 7) is 1.79. The Morgan fingerprint density at radius 1 is 0.968 bits per heavy atom. The van der Waals surface area contributed by atoms with Gasteiger partial charge in [0.15, 0.2) is 0 Å². The molecule has 0 aliphatic carbocycles. The summed E-state index contributed by atoms with van der Waals surface area (Å²) in [6, 6.07) is 19.3. The molecular weight excluding hydrogens is 438 g/mol. The second kappa shape index (κ2) is 10.1. The molecule has 0 aromatic heterocycles. The van der Waals surface area contributed by atoms with E-state index in [9.17, 15) is 19.7 Å². The van der Waals surface area contributed by atoms with Gasteiger partial charge in [-0.1, -0.05) is 17.7 Å². The largest absolute Gasteiger partial charge is 0.325 e. The average Bonchev–Trinajstić information content (AvgIpc) is 2.75. The average molecular weight is 456 g/mol. The van der Waals surface area contributed by atoms with Crippen LogP contribution >= 0.6 is 23.4 Å². The summed E-state index contributed by atoms with van der Waals surface area (Å²) in [5.74, 6) is -0.543. The third-order valence-electron chi connectivity index (χ3n) is 4.23. The number of carbonyl (C=O) groups excluding carboxylic acids is 2. The summed E-state index contributed by atoms with van der Waals surface area (Å²) < 4.78 is 0. The Balaban J connectivity index is 1.61. The Labute approximate surface area is 188 Å². The first kappa shape index (κ1) is 22.3. The minimum atomic E-state index is -0.521. The quantitative estimate of drug-likeness (QED) is 0.273. The minimum absolute atomic E-state index is 0.0826. The SMILES string of the molecule is CC(Sc1cccc(NC(=O)c2ccc([N+](=O)[O-])cc2)c1)C(=O)Nc1ccc(Cl)cc1. The van der Waals surface area contributed by atoms with Crippen LogP contribution < -0.4 is 10.6 Å². The highest BCUT2D eigenvalue weighted by atomic mass is 35.5. The standard InChI is InChI=1S/C22H18ClN3O4S/c1-14(21(27)24-17-9-7-16(23)8-10-17)31-20-4-2-3-18(13-20)25-22(28)15-5-11-19(12-6-15)26(29)30/h2-14H,1H3,(H,24,27)(H,25,28). The number of halogens is 1. The van der Waals surface area contributed by atoms with Gasteiger partial charge in [0.2, 0.25) is 5.91 Å². The molecule has 2 amide bonds. The summed E-state index contributed by atoms with van der Waals surface area (Å²) in [5.41, 5.74) is 1.44. The van der Waals surface area contributed by atoms with Crippen molar-refractivity contribution in [2.75, 3.05) is 10.6 Å². The highest BCUT2D eigenvalue weighted by molar-refractivity contribution is 8.00. The molecule has 158 valence electrons. The zero-order chi connectivity index (χ0) is 22.4. The van der Waals surface area contributed by atoms with E-state index in [4.69, 9.17) is 11.6 Å². The van der Waals surface area contributed by atoms with Gasteiger partial charge >= 0.3 is 0 Å². The molecule has 0 aliphatic heterocycles. The summed E-state index contributed by atoms with van der Waals surface area (Å²) in [4.78, 5) is 35.9. The second-order valence-electron chi connectivity index (χ2n) is 6.54. The maximum absolute atomic E-state index is 12.4. The van der Waals surface area contributed by atoms with Gasteiger partial charge in [-0.25, -0.2) is 0 Å². The van der Waals surface area contributed by atoms with Gasteiger partial charge in [-0.05, 0) is 61.5 Å². The highest BCUT2D eigenvalue weighted by Gasteiger charge is 2.15. The van der Waals surface area contributed by atoms with E-state index in [1.165, 1.54) is 36.0 Å². The first-order valence-electron chi connectivity index (χ1n) is 9.21. The minimum Gasteiger partial charge on any atom is -0.325 e. The summed E-state index contributed by atoms with van der Waals surface area (Å²) >= 11 is 7.21. The number of non-ortho nitro benzene ring substituents is 1. The molecule has 0 saturated heterocycles. The fourth-order valence-electron chi connectivity index (χ4n) is 2.62. The van der Waals surface area contributed by atoms with Crippen molar-refractivity contribution in [1.82, 2.24) is 0 Å². The topological polar surface area (TPSA) is 101 Å². The van der Waals surface area contributed by atoms with E-state index in [1.54, 1.807) is 49.4 Å². The van der Waals surface area contributed by atoms with E-state index < -0.39 is 4.92 Å². The lowest BCUT2D eigenvalue weighted by atomic mass is 10.2. The van der Waals surface area contributed by atoms with E-state index in [1.807, 2.05) is 6.07 Å². The van der Waals surface area contributed by atoms with Gasteiger partial charge in [-0.2, -0.15) is 0 Å². The highest BCUT2D eigenvalue weighted by Crippen LogP contribution is 2.27. The number of nitrogens with one attached hydrogen (secondary N) is 2. The van der Waals surface area contributed by atoms with Crippen LogP contribution in [0, 0.1) is 10.1 Å². The summed E-state index contributed by atoms with van der Waals surface area (Å²) in [6.07, 6.45) is 0. The number of nitrogens with zero attached hydrogens (tertiary/aromatic N) is 1.